The number of halogens is 1. The van der Waals surface area contributed by atoms with Gasteiger partial charge in [0.2, 0.25) is 5.03 Å². The normalized spacial score (nSPS) is 19.3. The molecule has 0 aromatic carbocycles. The Hall–Kier alpha value is -1.58. The van der Waals surface area contributed by atoms with Gasteiger partial charge in [-0.25, -0.2) is 17.8 Å². The maximum Gasteiger partial charge on any atom is 0.261 e. The van der Waals surface area contributed by atoms with Gasteiger partial charge in [0.1, 0.15) is 5.84 Å². The zero-order valence-corrected chi connectivity index (χ0v) is 12.5. The van der Waals surface area contributed by atoms with E-state index in [9.17, 15) is 12.8 Å². The van der Waals surface area contributed by atoms with Crippen molar-refractivity contribution in [3.8, 4) is 0 Å². The van der Waals surface area contributed by atoms with E-state index < -0.39 is 26.4 Å². The smallest absolute Gasteiger partial charge is 0.261 e. The molecule has 0 unspecified atom stereocenters. The molecule has 1 saturated heterocycles. The highest BCUT2D eigenvalue weighted by atomic mass is 32.2. The maximum atomic E-state index is 13.7. The molecular formula is C12H18FN5O2S. The molecule has 0 bridgehead atoms. The SMILES string of the molecule is CN1CCC(NS(=O)(=O)c2ncccc2F)(C(=N)N)CC1. The highest BCUT2D eigenvalue weighted by molar-refractivity contribution is 7.89. The van der Waals surface area contributed by atoms with Gasteiger partial charge >= 0.3 is 0 Å². The van der Waals surface area contributed by atoms with Crippen molar-refractivity contribution >= 4 is 15.9 Å². The van der Waals surface area contributed by atoms with Crippen LogP contribution in [0.25, 0.3) is 0 Å². The van der Waals surface area contributed by atoms with Crippen LogP contribution in [0.15, 0.2) is 23.4 Å². The fourth-order valence-electron chi connectivity index (χ4n) is 2.30. The van der Waals surface area contributed by atoms with Crippen LogP contribution in [-0.4, -0.2) is 49.8 Å². The summed E-state index contributed by atoms with van der Waals surface area (Å²) in [5.74, 6) is -1.20. The molecule has 4 N–H and O–H groups in total. The average molecular weight is 315 g/mol. The minimum absolute atomic E-state index is 0.268. The molecule has 1 aromatic rings. The number of nitrogens with one attached hydrogen (secondary N) is 2. The van der Waals surface area contributed by atoms with Crippen LogP contribution in [0.2, 0.25) is 0 Å². The first-order valence-corrected chi connectivity index (χ1v) is 7.93. The van der Waals surface area contributed by atoms with Gasteiger partial charge in [-0.3, -0.25) is 5.41 Å². The predicted octanol–water partition coefficient (Wildman–Crippen LogP) is -0.101. The molecule has 1 aliphatic rings. The van der Waals surface area contributed by atoms with Crippen molar-refractivity contribution in [1.82, 2.24) is 14.6 Å². The molecule has 2 heterocycles. The fourth-order valence-corrected chi connectivity index (χ4v) is 3.75. The van der Waals surface area contributed by atoms with E-state index in [4.69, 9.17) is 11.1 Å². The number of aromatic nitrogens is 1. The summed E-state index contributed by atoms with van der Waals surface area (Å²) in [5, 5.41) is 7.04. The van der Waals surface area contributed by atoms with E-state index in [1.807, 2.05) is 11.9 Å². The predicted molar refractivity (Wildman–Crippen MR) is 75.9 cm³/mol. The summed E-state index contributed by atoms with van der Waals surface area (Å²) in [6, 6.07) is 2.33. The first kappa shape index (κ1) is 15.8. The lowest BCUT2D eigenvalue weighted by Crippen LogP contribution is -2.61. The summed E-state index contributed by atoms with van der Waals surface area (Å²) in [5.41, 5.74) is 4.41. The summed E-state index contributed by atoms with van der Waals surface area (Å²) in [6.45, 7) is 1.18. The third kappa shape index (κ3) is 3.20. The van der Waals surface area contributed by atoms with Gasteiger partial charge < -0.3 is 10.6 Å². The van der Waals surface area contributed by atoms with E-state index in [1.165, 1.54) is 12.3 Å². The molecule has 116 valence electrons. The number of rotatable bonds is 4. The third-order valence-electron chi connectivity index (χ3n) is 3.67. The first-order valence-electron chi connectivity index (χ1n) is 6.44. The van der Waals surface area contributed by atoms with Crippen LogP contribution >= 0.6 is 0 Å². The van der Waals surface area contributed by atoms with Gasteiger partial charge in [0.05, 0.1) is 5.54 Å². The summed E-state index contributed by atoms with van der Waals surface area (Å²) in [7, 11) is -2.29. The van der Waals surface area contributed by atoms with E-state index in [2.05, 4.69) is 9.71 Å². The van der Waals surface area contributed by atoms with Crippen molar-refractivity contribution in [2.45, 2.75) is 23.4 Å². The number of hydrogen-bond donors (Lipinski definition) is 3. The monoisotopic (exact) mass is 315 g/mol. The second-order valence-corrected chi connectivity index (χ2v) is 6.79. The number of nitrogens with zero attached hydrogens (tertiary/aromatic N) is 2. The number of sulfonamides is 1. The molecule has 2 rings (SSSR count). The molecule has 0 aliphatic carbocycles. The molecule has 0 amide bonds. The summed E-state index contributed by atoms with van der Waals surface area (Å²) >= 11 is 0. The molecule has 1 fully saturated rings. The van der Waals surface area contributed by atoms with Crippen molar-refractivity contribution in [2.75, 3.05) is 20.1 Å². The number of piperidine rings is 1. The molecule has 0 atom stereocenters. The first-order chi connectivity index (χ1) is 9.77. The fraction of sp³-hybridized carbons (Fsp3) is 0.500. The van der Waals surface area contributed by atoms with Gasteiger partial charge in [0.25, 0.3) is 10.0 Å². The number of amidine groups is 1. The van der Waals surface area contributed by atoms with E-state index in [0.717, 1.165) is 6.07 Å². The minimum Gasteiger partial charge on any atom is -0.386 e. The Labute approximate surface area is 122 Å². The Bertz CT molecular complexity index is 641. The van der Waals surface area contributed by atoms with Crippen LogP contribution in [0.3, 0.4) is 0 Å². The van der Waals surface area contributed by atoms with Crippen LogP contribution in [0.5, 0.6) is 0 Å². The maximum absolute atomic E-state index is 13.7. The summed E-state index contributed by atoms with van der Waals surface area (Å²) in [4.78, 5) is 5.58. The highest BCUT2D eigenvalue weighted by Gasteiger charge is 2.41. The van der Waals surface area contributed by atoms with Gasteiger partial charge in [-0.15, -0.1) is 0 Å². The zero-order chi connectivity index (χ0) is 15.7. The molecular weight excluding hydrogens is 297 g/mol. The van der Waals surface area contributed by atoms with Gasteiger partial charge in [-0.05, 0) is 32.0 Å². The van der Waals surface area contributed by atoms with Gasteiger partial charge in [0, 0.05) is 19.3 Å². The minimum atomic E-state index is -4.19. The zero-order valence-electron chi connectivity index (χ0n) is 11.6. The molecule has 0 saturated carbocycles. The summed E-state index contributed by atoms with van der Waals surface area (Å²) < 4.78 is 40.7. The van der Waals surface area contributed by atoms with Crippen LogP contribution in [0, 0.1) is 11.2 Å². The van der Waals surface area contributed by atoms with Gasteiger partial charge in [-0.1, -0.05) is 0 Å². The Morgan fingerprint density at radius 3 is 2.67 bits per heavy atom. The molecule has 7 nitrogen and oxygen atoms in total. The molecule has 0 spiro atoms. The average Bonchev–Trinajstić information content (AvgIpc) is 2.41. The lowest BCUT2D eigenvalue weighted by Gasteiger charge is -2.39. The lowest BCUT2D eigenvalue weighted by atomic mass is 9.88. The van der Waals surface area contributed by atoms with Crippen molar-refractivity contribution < 1.29 is 12.8 Å². The number of likely N-dealkylation sites (tertiary alicyclic amines) is 1. The van der Waals surface area contributed by atoms with Crippen molar-refractivity contribution in [3.05, 3.63) is 24.1 Å². The topological polar surface area (TPSA) is 112 Å². The van der Waals surface area contributed by atoms with E-state index >= 15 is 0 Å². The molecule has 1 aliphatic heterocycles. The molecule has 9 heteroatoms. The van der Waals surface area contributed by atoms with Crippen LogP contribution in [0.4, 0.5) is 4.39 Å². The Balaban J connectivity index is 2.33. The lowest BCUT2D eigenvalue weighted by molar-refractivity contribution is 0.218. The Morgan fingerprint density at radius 1 is 1.52 bits per heavy atom. The molecule has 0 radical (unpaired) electrons. The quantitative estimate of drug-likeness (QED) is 0.530. The van der Waals surface area contributed by atoms with Crippen molar-refractivity contribution in [1.29, 1.82) is 5.41 Å². The number of hydrogen-bond acceptors (Lipinski definition) is 5. The second-order valence-electron chi connectivity index (χ2n) is 5.19. The standard InChI is InChI=1S/C12H18FN5O2S/c1-18-7-4-12(5-8-18,11(14)15)17-21(19,20)10-9(13)3-2-6-16-10/h2-3,6,17H,4-5,7-8H2,1H3,(H3,14,15). The van der Waals surface area contributed by atoms with Gasteiger partial charge in [0.15, 0.2) is 5.82 Å². The van der Waals surface area contributed by atoms with Crippen LogP contribution in [-0.2, 0) is 10.0 Å². The van der Waals surface area contributed by atoms with Crippen molar-refractivity contribution in [2.24, 2.45) is 5.73 Å². The number of nitrogens with two attached hydrogens (primary N) is 1. The van der Waals surface area contributed by atoms with Gasteiger partial charge in [-0.2, -0.15) is 4.72 Å². The number of pyridine rings is 1. The van der Waals surface area contributed by atoms with E-state index in [-0.39, 0.29) is 5.84 Å². The Morgan fingerprint density at radius 2 is 2.14 bits per heavy atom. The highest BCUT2D eigenvalue weighted by Crippen LogP contribution is 2.24. The largest absolute Gasteiger partial charge is 0.386 e. The second kappa shape index (κ2) is 5.66. The molecule has 1 aromatic heterocycles. The van der Waals surface area contributed by atoms with Crippen molar-refractivity contribution in [3.63, 3.8) is 0 Å². The summed E-state index contributed by atoms with van der Waals surface area (Å²) in [6.07, 6.45) is 1.91. The van der Waals surface area contributed by atoms with E-state index in [1.54, 1.807) is 0 Å². The van der Waals surface area contributed by atoms with E-state index in [0.29, 0.717) is 25.9 Å². The third-order valence-corrected chi connectivity index (χ3v) is 5.13. The van der Waals surface area contributed by atoms with Crippen LogP contribution < -0.4 is 10.5 Å². The molecule has 21 heavy (non-hydrogen) atoms. The van der Waals surface area contributed by atoms with Crippen LogP contribution in [0.1, 0.15) is 12.8 Å². The Kier molecular flexibility index (Phi) is 4.26.